The van der Waals surface area contributed by atoms with E-state index < -0.39 is 7.12 Å². The quantitative estimate of drug-likeness (QED) is 0.0270. The number of aromatic nitrogens is 17. The lowest BCUT2D eigenvalue weighted by atomic mass is 9.81. The number of rotatable bonds is 13. The normalized spacial score (nSPS) is 10.5. The Balaban J connectivity index is 0.000000139. The maximum absolute atomic E-state index is 12.7. The first kappa shape index (κ1) is 81.4. The van der Waals surface area contributed by atoms with Crippen molar-refractivity contribution >= 4 is 145 Å². The molecule has 0 spiro atoms. The molecule has 29 heteroatoms. The molecule has 16 heterocycles. The molecule has 113 heavy (non-hydrogen) atoms. The van der Waals surface area contributed by atoms with E-state index in [1.807, 2.05) is 164 Å². The summed E-state index contributed by atoms with van der Waals surface area (Å²) in [6, 6.07) is 52.1. The summed E-state index contributed by atoms with van der Waals surface area (Å²) >= 11 is 15.2. The van der Waals surface area contributed by atoms with Gasteiger partial charge in [-0.25, -0.2) is 29.9 Å². The molecule has 2 amide bonds. The van der Waals surface area contributed by atoms with Crippen molar-refractivity contribution in [1.29, 1.82) is 0 Å². The summed E-state index contributed by atoms with van der Waals surface area (Å²) in [7, 11) is -1.39. The molecule has 564 valence electrons. The van der Waals surface area contributed by atoms with Gasteiger partial charge in [-0.3, -0.25) is 49.3 Å². The predicted molar refractivity (Wildman–Crippen MR) is 455 cm³/mol. The summed E-state index contributed by atoms with van der Waals surface area (Å²) in [6.07, 6.45) is 31.2. The highest BCUT2D eigenvalue weighted by Gasteiger charge is 2.16. The topological polar surface area (TPSA) is 325 Å². The lowest BCUT2D eigenvalue weighted by Crippen LogP contribution is -2.29. The fourth-order valence-electron chi connectivity index (χ4n) is 11.3. The molecule has 1 aromatic carbocycles. The number of pyridine rings is 11. The molecule has 0 atom stereocenters. The molecule has 0 aliphatic rings. The Kier molecular flexibility index (Phi) is 29.1. The van der Waals surface area contributed by atoms with Crippen LogP contribution in [0.4, 0.5) is 11.4 Å². The van der Waals surface area contributed by atoms with Crippen LogP contribution in [0.3, 0.4) is 0 Å². The number of carbonyl (C=O) groups excluding carboxylic acids is 3. The second kappa shape index (κ2) is 40.4. The van der Waals surface area contributed by atoms with Crippen molar-refractivity contribution in [2.75, 3.05) is 16.5 Å². The van der Waals surface area contributed by atoms with Crippen molar-refractivity contribution in [3.05, 3.63) is 323 Å². The van der Waals surface area contributed by atoms with Crippen LogP contribution in [0.25, 0.3) is 88.9 Å². The van der Waals surface area contributed by atoms with Crippen LogP contribution in [0.15, 0.2) is 289 Å². The number of nitrogens with one attached hydrogen (secondary N) is 4. The summed E-state index contributed by atoms with van der Waals surface area (Å²) in [5.41, 5.74) is 18.7. The zero-order valence-corrected chi connectivity index (χ0v) is 67.0. The number of hydrogen-bond acceptors (Lipinski definition) is 18. The van der Waals surface area contributed by atoms with Gasteiger partial charge in [0.15, 0.2) is 5.78 Å². The van der Waals surface area contributed by atoms with E-state index in [1.54, 1.807) is 124 Å². The number of aromatic amines is 2. The van der Waals surface area contributed by atoms with Crippen molar-refractivity contribution in [1.82, 2.24) is 83.9 Å². The van der Waals surface area contributed by atoms with E-state index in [-0.39, 0.29) is 36.6 Å². The Morgan fingerprint density at radius 2 is 0.912 bits per heavy atom. The molecule has 0 unspecified atom stereocenters. The van der Waals surface area contributed by atoms with Gasteiger partial charge >= 0.3 is 7.12 Å². The van der Waals surface area contributed by atoms with Gasteiger partial charge in [0.1, 0.15) is 50.6 Å². The molecular formula is C84H72BBr3ClN19O5. The van der Waals surface area contributed by atoms with Crippen molar-refractivity contribution in [2.45, 2.75) is 47.7 Å². The summed E-state index contributed by atoms with van der Waals surface area (Å²) in [4.78, 5) is 96.8. The van der Waals surface area contributed by atoms with E-state index in [4.69, 9.17) is 21.6 Å². The lowest BCUT2D eigenvalue weighted by Gasteiger charge is -2.08. The fourth-order valence-corrected chi connectivity index (χ4v) is 12.4. The van der Waals surface area contributed by atoms with Crippen molar-refractivity contribution in [3.63, 3.8) is 0 Å². The minimum Gasteiger partial charge on any atom is -0.423 e. The maximum Gasteiger partial charge on any atom is 0.488 e. The van der Waals surface area contributed by atoms with Crippen LogP contribution >= 0.6 is 59.4 Å². The second-order valence-electron chi connectivity index (χ2n) is 24.9. The summed E-state index contributed by atoms with van der Waals surface area (Å²) < 4.78 is 6.19. The number of alkyl halides is 1. The highest BCUT2D eigenvalue weighted by molar-refractivity contribution is 9.11. The summed E-state index contributed by atoms with van der Waals surface area (Å²) in [6.45, 7) is 10.1. The molecule has 17 rings (SSSR count). The van der Waals surface area contributed by atoms with Gasteiger partial charge in [-0.2, -0.15) is 0 Å². The molecule has 0 bridgehead atoms. The average molecular weight is 1710 g/mol. The zero-order chi connectivity index (χ0) is 79.6. The van der Waals surface area contributed by atoms with Gasteiger partial charge in [0.05, 0.1) is 41.5 Å². The van der Waals surface area contributed by atoms with Crippen LogP contribution in [0.2, 0.25) is 0 Å². The number of H-pyrrole nitrogens is 2. The Morgan fingerprint density at radius 1 is 0.434 bits per heavy atom. The van der Waals surface area contributed by atoms with Gasteiger partial charge in [0, 0.05) is 147 Å². The smallest absolute Gasteiger partial charge is 0.423 e. The van der Waals surface area contributed by atoms with Gasteiger partial charge < -0.3 is 39.8 Å². The molecule has 16 aromatic heterocycles. The highest BCUT2D eigenvalue weighted by Crippen LogP contribution is 2.31. The van der Waals surface area contributed by atoms with E-state index in [9.17, 15) is 14.4 Å². The Labute approximate surface area is 680 Å². The van der Waals surface area contributed by atoms with Crippen LogP contribution in [0.1, 0.15) is 38.7 Å². The molecule has 0 saturated heterocycles. The van der Waals surface area contributed by atoms with E-state index in [0.29, 0.717) is 38.4 Å². The van der Waals surface area contributed by atoms with Crippen LogP contribution in [-0.4, -0.2) is 125 Å². The number of anilines is 2. The minimum absolute atomic E-state index is 0.00329. The number of nitrogens with zero attached hydrogens (tertiary/aromatic N) is 15. The molecule has 0 radical (unpaired) electrons. The average Bonchev–Trinajstić information content (AvgIpc) is 1.70. The monoisotopic (exact) mass is 1710 g/mol. The summed E-state index contributed by atoms with van der Waals surface area (Å²) in [5, 5.41) is 27.3. The molecule has 0 aliphatic carbocycles. The minimum atomic E-state index is -1.39. The lowest BCUT2D eigenvalue weighted by molar-refractivity contribution is -0.117. The SMILES string of the molecule is Brc1ccnc2[nH]ccc12.Cc1cc(-c2ccnc3[nH]ccc23)ccn1.Cc1cc(-c2ccnc3c2ccn3CC(=O)Nc2ccc(-c3cnccn3)nc2)ccn1.Cc1cc(-c2ccnc3c2ccn3CC(=O)Nc2ccc(Br)nc2)ccn1.Cc1cc(B(O)O)ccn1.Cc1ccccc1.O=C(CCl)c1ccc(Br)nc1. The van der Waals surface area contributed by atoms with E-state index in [0.717, 1.165) is 98.2 Å². The third-order valence-electron chi connectivity index (χ3n) is 16.7. The van der Waals surface area contributed by atoms with Crippen LogP contribution in [0, 0.1) is 34.6 Å². The number of benzene rings is 1. The number of ketones is 1. The van der Waals surface area contributed by atoms with E-state index in [2.05, 4.69) is 158 Å². The first-order valence-electron chi connectivity index (χ1n) is 34.9. The number of amides is 2. The van der Waals surface area contributed by atoms with Gasteiger partial charge in [-0.1, -0.05) is 35.9 Å². The van der Waals surface area contributed by atoms with Crippen LogP contribution < -0.4 is 16.1 Å². The highest BCUT2D eigenvalue weighted by atomic mass is 79.9. The Morgan fingerprint density at radius 3 is 1.35 bits per heavy atom. The fraction of sp³-hybridized carbons (Fsp3) is 0.0952. The molecular weight excluding hydrogens is 1640 g/mol. The molecule has 24 nitrogen and oxygen atoms in total. The van der Waals surface area contributed by atoms with Crippen molar-refractivity contribution < 1.29 is 24.4 Å². The molecule has 17 aromatic rings. The van der Waals surface area contributed by atoms with E-state index in [1.165, 1.54) is 22.9 Å². The number of aryl methyl sites for hydroxylation is 5. The molecule has 0 aliphatic heterocycles. The first-order chi connectivity index (χ1) is 54.8. The van der Waals surface area contributed by atoms with Crippen LogP contribution in [0.5, 0.6) is 0 Å². The zero-order valence-electron chi connectivity index (χ0n) is 61.5. The summed E-state index contributed by atoms with van der Waals surface area (Å²) in [5.74, 6) is -0.401. The van der Waals surface area contributed by atoms with Gasteiger partial charge in [0.2, 0.25) is 11.8 Å². The molecule has 0 saturated carbocycles. The second-order valence-corrected chi connectivity index (χ2v) is 27.7. The third-order valence-corrected chi connectivity index (χ3v) is 18.5. The maximum atomic E-state index is 12.7. The Bertz CT molecular complexity index is 6000. The standard InChI is InChI=1S/C24H19N7O.C20H16BrN5O.C13H11N3.C7H5BrClNO.C7H5BrN2.C7H8.C6H8BNO2/c1-16-12-17(4-7-26-16)19-5-8-28-24-20(19)6-11-31(24)15-23(32)30-18-2-3-21(29-13-18)22-14-25-9-10-27-22;1-13-10-14(4-7-22-13)16-5-8-23-20-17(16)6-9-26(20)12-19(27)25-15-2-3-18(21)24-11-15;1-9-8-10(2-5-14-9)11-3-6-15-13-12(11)4-7-16-13;8-7-2-1-5(4-10-7)6(11)3-9;8-6-2-4-10-7-5(6)1-3-9-7;1-7-5-3-2-4-6-7;1-5-4-6(7(9)10)2-3-8-5/h2-14H,15H2,1H3,(H,30,32);2-11H,12H2,1H3,(H,25,27);2-8H,1H3,(H,15,16);1-2,4H,3H2;1-4H,(H,9,10);2-6H,1H3;2-4,9-10H,1H3. The molecule has 0 fully saturated rings. The van der Waals surface area contributed by atoms with E-state index >= 15 is 0 Å². The third kappa shape index (κ3) is 23.3. The first-order valence-corrected chi connectivity index (χ1v) is 37.9. The van der Waals surface area contributed by atoms with Crippen molar-refractivity contribution in [2.24, 2.45) is 0 Å². The predicted octanol–water partition coefficient (Wildman–Crippen LogP) is 16.7. The number of hydrogen-bond donors (Lipinski definition) is 6. The number of carbonyl (C=O) groups is 3. The largest absolute Gasteiger partial charge is 0.488 e. The number of Topliss-reactive ketones (excluding diaryl/α,β-unsaturated/α-hetero) is 1. The van der Waals surface area contributed by atoms with Gasteiger partial charge in [-0.05, 0) is 255 Å². The molecule has 6 N–H and O–H groups in total. The van der Waals surface area contributed by atoms with Crippen molar-refractivity contribution in [3.8, 4) is 44.8 Å². The Hall–Kier alpha value is -12.6. The van der Waals surface area contributed by atoms with Gasteiger partial charge in [0.25, 0.3) is 0 Å². The van der Waals surface area contributed by atoms with Gasteiger partial charge in [-0.15, -0.1) is 11.6 Å². The number of fused-ring (bicyclic) bond motifs is 4. The van der Waals surface area contributed by atoms with Crippen LogP contribution in [-0.2, 0) is 22.7 Å². The number of halogens is 4.